The van der Waals surface area contributed by atoms with E-state index in [0.717, 1.165) is 10.5 Å². The molecule has 1 heterocycles. The molecule has 1 aliphatic heterocycles. The van der Waals surface area contributed by atoms with E-state index in [1.165, 1.54) is 12.1 Å². The molecule has 0 aliphatic carbocycles. The summed E-state index contributed by atoms with van der Waals surface area (Å²) in [7, 11) is -3.95. The Balaban J connectivity index is 1.76. The quantitative estimate of drug-likeness (QED) is 0.616. The molecule has 33 heavy (non-hydrogen) atoms. The molecule has 1 aliphatic rings. The molecule has 3 amide bonds. The summed E-state index contributed by atoms with van der Waals surface area (Å²) in [5.41, 5.74) is 0.759. The minimum Gasteiger partial charge on any atom is -0.444 e. The normalized spacial score (nSPS) is 14.7. The van der Waals surface area contributed by atoms with Crippen molar-refractivity contribution in [1.29, 1.82) is 0 Å². The van der Waals surface area contributed by atoms with Crippen LogP contribution >= 0.6 is 0 Å². The molecule has 0 fully saturated rings. The van der Waals surface area contributed by atoms with Crippen molar-refractivity contribution in [3.63, 3.8) is 0 Å². The molecular weight excluding hydrogens is 444 g/mol. The van der Waals surface area contributed by atoms with Gasteiger partial charge < -0.3 is 10.1 Å². The lowest BCUT2D eigenvalue weighted by atomic mass is 10.1. The molecule has 1 unspecified atom stereocenters. The summed E-state index contributed by atoms with van der Waals surface area (Å²) in [6.45, 7) is 6.91. The predicted molar refractivity (Wildman–Crippen MR) is 123 cm³/mol. The van der Waals surface area contributed by atoms with E-state index < -0.39 is 38.7 Å². The number of carbonyl (C=O) groups excluding carboxylic acids is 3. The van der Waals surface area contributed by atoms with Crippen LogP contribution in [0.25, 0.3) is 0 Å². The fourth-order valence-corrected chi connectivity index (χ4v) is 5.09. The summed E-state index contributed by atoms with van der Waals surface area (Å²) in [5.74, 6) is -0.817. The Bertz CT molecular complexity index is 1130. The van der Waals surface area contributed by atoms with E-state index in [0.29, 0.717) is 11.1 Å². The van der Waals surface area contributed by atoms with Gasteiger partial charge in [-0.05, 0) is 64.8 Å². The maximum absolute atomic E-state index is 13.3. The first-order valence-electron chi connectivity index (χ1n) is 10.7. The molecule has 0 bridgehead atoms. The number of rotatable bonds is 7. The van der Waals surface area contributed by atoms with E-state index in [1.807, 2.05) is 6.92 Å². The van der Waals surface area contributed by atoms with Crippen molar-refractivity contribution in [2.75, 3.05) is 6.54 Å². The first-order chi connectivity index (χ1) is 15.4. The summed E-state index contributed by atoms with van der Waals surface area (Å²) >= 11 is 0. The van der Waals surface area contributed by atoms with Gasteiger partial charge in [0.05, 0.1) is 16.0 Å². The Morgan fingerprint density at radius 3 is 2.06 bits per heavy atom. The highest BCUT2D eigenvalue weighted by Crippen LogP contribution is 2.24. The van der Waals surface area contributed by atoms with Gasteiger partial charge in [0.2, 0.25) is 0 Å². The van der Waals surface area contributed by atoms with Crippen LogP contribution in [0.1, 0.15) is 59.9 Å². The van der Waals surface area contributed by atoms with Crippen molar-refractivity contribution in [3.05, 3.63) is 65.2 Å². The molecule has 9 heteroatoms. The van der Waals surface area contributed by atoms with Gasteiger partial charge >= 0.3 is 6.09 Å². The van der Waals surface area contributed by atoms with Gasteiger partial charge in [0.25, 0.3) is 11.8 Å². The molecule has 0 saturated carbocycles. The first-order valence-corrected chi connectivity index (χ1v) is 12.2. The van der Waals surface area contributed by atoms with Crippen LogP contribution in [-0.4, -0.2) is 48.7 Å². The lowest BCUT2D eigenvalue weighted by Crippen LogP contribution is -2.44. The number of hydrogen-bond donors (Lipinski definition) is 1. The lowest BCUT2D eigenvalue weighted by molar-refractivity contribution is 0.0512. The molecule has 2 aromatic carbocycles. The van der Waals surface area contributed by atoms with Crippen molar-refractivity contribution >= 4 is 27.7 Å². The largest absolute Gasteiger partial charge is 0.444 e. The number of ether oxygens (including phenoxy) is 1. The zero-order valence-corrected chi connectivity index (χ0v) is 19.9. The highest BCUT2D eigenvalue weighted by atomic mass is 32.2. The van der Waals surface area contributed by atoms with Crippen molar-refractivity contribution in [3.8, 4) is 0 Å². The van der Waals surface area contributed by atoms with Gasteiger partial charge in [-0.15, -0.1) is 0 Å². The molecule has 176 valence electrons. The second-order valence-corrected chi connectivity index (χ2v) is 11.1. The molecule has 3 rings (SSSR count). The second kappa shape index (κ2) is 9.35. The zero-order chi connectivity index (χ0) is 24.4. The number of alkyl carbamates (subject to hydrolysis) is 1. The van der Waals surface area contributed by atoms with Crippen LogP contribution in [0.3, 0.4) is 0 Å². The topological polar surface area (TPSA) is 110 Å². The van der Waals surface area contributed by atoms with Crippen LogP contribution in [0.5, 0.6) is 0 Å². The highest BCUT2D eigenvalue weighted by molar-refractivity contribution is 7.92. The van der Waals surface area contributed by atoms with Crippen LogP contribution in [0.4, 0.5) is 4.79 Å². The van der Waals surface area contributed by atoms with E-state index in [-0.39, 0.29) is 24.3 Å². The number of benzene rings is 2. The fourth-order valence-electron chi connectivity index (χ4n) is 3.51. The SMILES string of the molecule is Cc1ccc(S(=O)(=O)C(CCCN2C(=O)c3ccccc3C2=O)NC(=O)OC(C)(C)C)cc1. The third-order valence-corrected chi connectivity index (χ3v) is 7.16. The van der Waals surface area contributed by atoms with E-state index in [9.17, 15) is 22.8 Å². The second-order valence-electron chi connectivity index (χ2n) is 8.94. The summed E-state index contributed by atoms with van der Waals surface area (Å²) in [4.78, 5) is 38.7. The smallest absolute Gasteiger partial charge is 0.408 e. The van der Waals surface area contributed by atoms with Gasteiger partial charge in [-0.1, -0.05) is 29.8 Å². The molecule has 0 spiro atoms. The molecular formula is C24H28N2O6S. The lowest BCUT2D eigenvalue weighted by Gasteiger charge is -2.24. The standard InChI is InChI=1S/C24H28N2O6S/c1-16-11-13-17(14-12-16)33(30,31)20(25-23(29)32-24(2,3)4)10-7-15-26-21(27)18-8-5-6-9-19(18)22(26)28/h5-6,8-9,11-14,20H,7,10,15H2,1-4H3,(H,25,29). The van der Waals surface area contributed by atoms with Crippen LogP contribution in [0, 0.1) is 6.92 Å². The van der Waals surface area contributed by atoms with Gasteiger partial charge in [0, 0.05) is 6.54 Å². The first kappa shape index (κ1) is 24.4. The zero-order valence-electron chi connectivity index (χ0n) is 19.1. The van der Waals surface area contributed by atoms with Gasteiger partial charge in [-0.3, -0.25) is 14.5 Å². The summed E-state index contributed by atoms with van der Waals surface area (Å²) in [5, 5.41) is 1.17. The minimum absolute atomic E-state index is 0.0111. The van der Waals surface area contributed by atoms with E-state index in [1.54, 1.807) is 57.2 Å². The molecule has 1 N–H and O–H groups in total. The van der Waals surface area contributed by atoms with Crippen LogP contribution in [0.15, 0.2) is 53.4 Å². The summed E-state index contributed by atoms with van der Waals surface area (Å²) < 4.78 is 31.8. The predicted octanol–water partition coefficient (Wildman–Crippen LogP) is 3.70. The van der Waals surface area contributed by atoms with Crippen molar-refractivity contribution in [2.45, 2.75) is 56.4 Å². The third-order valence-electron chi connectivity index (χ3n) is 5.13. The molecule has 2 aromatic rings. The third kappa shape index (κ3) is 5.60. The molecule has 0 aromatic heterocycles. The molecule has 1 atom stereocenters. The minimum atomic E-state index is -3.95. The number of carbonyl (C=O) groups is 3. The number of aryl methyl sites for hydroxylation is 1. The number of sulfone groups is 1. The molecule has 8 nitrogen and oxygen atoms in total. The van der Waals surface area contributed by atoms with Gasteiger partial charge in [-0.2, -0.15) is 0 Å². The number of nitrogens with one attached hydrogen (secondary N) is 1. The van der Waals surface area contributed by atoms with Crippen LogP contribution < -0.4 is 5.32 Å². The summed E-state index contributed by atoms with van der Waals surface area (Å²) in [6, 6.07) is 12.9. The van der Waals surface area contributed by atoms with Gasteiger partial charge in [0.1, 0.15) is 11.0 Å². The van der Waals surface area contributed by atoms with E-state index >= 15 is 0 Å². The number of hydrogen-bond acceptors (Lipinski definition) is 6. The van der Waals surface area contributed by atoms with E-state index in [2.05, 4.69) is 5.32 Å². The van der Waals surface area contributed by atoms with Gasteiger partial charge in [0.15, 0.2) is 9.84 Å². The number of fused-ring (bicyclic) bond motifs is 1. The molecule has 0 saturated heterocycles. The van der Waals surface area contributed by atoms with Crippen molar-refractivity contribution in [1.82, 2.24) is 10.2 Å². The summed E-state index contributed by atoms with van der Waals surface area (Å²) in [6.07, 6.45) is -0.691. The molecule has 0 radical (unpaired) electrons. The van der Waals surface area contributed by atoms with Crippen molar-refractivity contribution < 1.29 is 27.5 Å². The monoisotopic (exact) mass is 472 g/mol. The maximum Gasteiger partial charge on any atom is 0.408 e. The Labute approximate surface area is 193 Å². The maximum atomic E-state index is 13.3. The number of imide groups is 1. The fraction of sp³-hybridized carbons (Fsp3) is 0.375. The average molecular weight is 473 g/mol. The van der Waals surface area contributed by atoms with Gasteiger partial charge in [-0.25, -0.2) is 13.2 Å². The average Bonchev–Trinajstić information content (AvgIpc) is 2.97. The Morgan fingerprint density at radius 1 is 1.00 bits per heavy atom. The Hall–Kier alpha value is -3.20. The number of nitrogens with zero attached hydrogens (tertiary/aromatic N) is 1. The number of amides is 3. The Kier molecular flexibility index (Phi) is 6.92. The van der Waals surface area contributed by atoms with Crippen LogP contribution in [0.2, 0.25) is 0 Å². The van der Waals surface area contributed by atoms with Crippen LogP contribution in [-0.2, 0) is 14.6 Å². The van der Waals surface area contributed by atoms with E-state index in [4.69, 9.17) is 4.74 Å². The van der Waals surface area contributed by atoms with Crippen molar-refractivity contribution in [2.24, 2.45) is 0 Å². The Morgan fingerprint density at radius 2 is 1.55 bits per heavy atom. The highest BCUT2D eigenvalue weighted by Gasteiger charge is 2.36.